The third kappa shape index (κ3) is 2.36. The van der Waals surface area contributed by atoms with Crippen molar-refractivity contribution in [2.75, 3.05) is 12.3 Å². The molecule has 0 unspecified atom stereocenters. The highest BCUT2D eigenvalue weighted by atomic mass is 32.2. The number of aromatic nitrogens is 1. The lowest BCUT2D eigenvalue weighted by molar-refractivity contribution is -0.124. The summed E-state index contributed by atoms with van der Waals surface area (Å²) in [7, 11) is 0. The molecule has 5 heteroatoms. The van der Waals surface area contributed by atoms with Gasteiger partial charge in [0.05, 0.1) is 5.75 Å². The van der Waals surface area contributed by atoms with Gasteiger partial charge in [-0.25, -0.2) is 0 Å². The lowest BCUT2D eigenvalue weighted by Gasteiger charge is -2.11. The van der Waals surface area contributed by atoms with Gasteiger partial charge in [0, 0.05) is 18.9 Å². The van der Waals surface area contributed by atoms with Crippen LogP contribution in [0, 0.1) is 0 Å². The second kappa shape index (κ2) is 4.44. The summed E-state index contributed by atoms with van der Waals surface area (Å²) in [5.41, 5.74) is 1.04. The minimum atomic E-state index is -0.135. The molecule has 1 aromatic heterocycles. The van der Waals surface area contributed by atoms with Crippen LogP contribution in [0.2, 0.25) is 0 Å². The molecule has 0 N–H and O–H groups in total. The molecule has 15 heavy (non-hydrogen) atoms. The monoisotopic (exact) mass is 222 g/mol. The van der Waals surface area contributed by atoms with Crippen LogP contribution in [-0.4, -0.2) is 33.3 Å². The Bertz CT molecular complexity index is 364. The number of carbonyl (C=O) groups is 2. The number of thioether (sulfide) groups is 1. The summed E-state index contributed by atoms with van der Waals surface area (Å²) in [4.78, 5) is 27.8. The lowest BCUT2D eigenvalue weighted by atomic mass is 10.2. The van der Waals surface area contributed by atoms with Crippen LogP contribution in [0.15, 0.2) is 24.5 Å². The molecule has 2 rings (SSSR count). The SMILES string of the molecule is O=C1CSC(=O)N1CCc1cccnc1. The number of carbonyl (C=O) groups excluding carboxylic acids is 2. The first-order valence-corrected chi connectivity index (χ1v) is 5.62. The van der Waals surface area contributed by atoms with Crippen molar-refractivity contribution >= 4 is 22.9 Å². The summed E-state index contributed by atoms with van der Waals surface area (Å²) in [6.07, 6.45) is 4.12. The molecule has 2 heterocycles. The Hall–Kier alpha value is -1.36. The zero-order valence-corrected chi connectivity index (χ0v) is 8.87. The molecule has 2 amide bonds. The molecule has 0 aromatic carbocycles. The fraction of sp³-hybridized carbons (Fsp3) is 0.300. The summed E-state index contributed by atoms with van der Waals surface area (Å²) in [5.74, 6) is 0.195. The number of imide groups is 1. The molecule has 1 saturated heterocycles. The van der Waals surface area contributed by atoms with Crippen LogP contribution in [-0.2, 0) is 11.2 Å². The predicted octanol–water partition coefficient (Wildman–Crippen LogP) is 1.32. The van der Waals surface area contributed by atoms with Gasteiger partial charge in [0.25, 0.3) is 5.24 Å². The summed E-state index contributed by atoms with van der Waals surface area (Å²) < 4.78 is 0. The van der Waals surface area contributed by atoms with E-state index >= 15 is 0 Å². The van der Waals surface area contributed by atoms with E-state index in [4.69, 9.17) is 0 Å². The first-order chi connectivity index (χ1) is 7.27. The van der Waals surface area contributed by atoms with Crippen LogP contribution in [0.4, 0.5) is 4.79 Å². The number of pyridine rings is 1. The Balaban J connectivity index is 1.93. The number of hydrogen-bond donors (Lipinski definition) is 0. The zero-order valence-electron chi connectivity index (χ0n) is 8.05. The summed E-state index contributed by atoms with van der Waals surface area (Å²) in [6.45, 7) is 0.455. The van der Waals surface area contributed by atoms with E-state index < -0.39 is 0 Å². The van der Waals surface area contributed by atoms with Crippen molar-refractivity contribution in [2.24, 2.45) is 0 Å². The molecule has 4 nitrogen and oxygen atoms in total. The molecular formula is C10H10N2O2S. The van der Waals surface area contributed by atoms with E-state index in [0.29, 0.717) is 13.0 Å². The van der Waals surface area contributed by atoms with Gasteiger partial charge in [0.1, 0.15) is 0 Å². The highest BCUT2D eigenvalue weighted by Gasteiger charge is 2.29. The van der Waals surface area contributed by atoms with Crippen molar-refractivity contribution in [1.82, 2.24) is 9.88 Å². The van der Waals surface area contributed by atoms with Crippen molar-refractivity contribution in [2.45, 2.75) is 6.42 Å². The van der Waals surface area contributed by atoms with Crippen LogP contribution < -0.4 is 0 Å². The third-order valence-electron chi connectivity index (χ3n) is 2.19. The molecule has 0 saturated carbocycles. The van der Waals surface area contributed by atoms with Gasteiger partial charge in [0.2, 0.25) is 5.91 Å². The van der Waals surface area contributed by atoms with Gasteiger partial charge in [-0.3, -0.25) is 19.5 Å². The van der Waals surface area contributed by atoms with Gasteiger partial charge >= 0.3 is 0 Å². The number of hydrogen-bond acceptors (Lipinski definition) is 4. The molecule has 78 valence electrons. The van der Waals surface area contributed by atoms with E-state index in [9.17, 15) is 9.59 Å². The van der Waals surface area contributed by atoms with Crippen LogP contribution in [0.5, 0.6) is 0 Å². The molecule has 1 fully saturated rings. The second-order valence-corrected chi connectivity index (χ2v) is 4.14. The van der Waals surface area contributed by atoms with E-state index in [0.717, 1.165) is 17.3 Å². The van der Waals surface area contributed by atoms with Crippen molar-refractivity contribution in [1.29, 1.82) is 0 Å². The molecule has 1 aliphatic rings. The van der Waals surface area contributed by atoms with Gasteiger partial charge in [-0.05, 0) is 18.1 Å². The summed E-state index contributed by atoms with van der Waals surface area (Å²) >= 11 is 1.07. The molecule has 0 spiro atoms. The highest BCUT2D eigenvalue weighted by Crippen LogP contribution is 2.18. The Morgan fingerprint density at radius 3 is 2.93 bits per heavy atom. The first kappa shape index (κ1) is 10.2. The van der Waals surface area contributed by atoms with E-state index in [-0.39, 0.29) is 16.9 Å². The van der Waals surface area contributed by atoms with E-state index in [2.05, 4.69) is 4.98 Å². The first-order valence-electron chi connectivity index (χ1n) is 4.63. The standard InChI is InChI=1S/C10H10N2O2S/c13-9-7-15-10(14)12(9)5-3-8-2-1-4-11-6-8/h1-2,4,6H,3,5,7H2. The largest absolute Gasteiger partial charge is 0.288 e. The fourth-order valence-corrected chi connectivity index (χ4v) is 2.14. The van der Waals surface area contributed by atoms with Crippen LogP contribution in [0.3, 0.4) is 0 Å². The number of amides is 2. The summed E-state index contributed by atoms with van der Waals surface area (Å²) in [5, 5.41) is -0.135. The quantitative estimate of drug-likeness (QED) is 0.774. The maximum absolute atomic E-state index is 11.3. The second-order valence-electron chi connectivity index (χ2n) is 3.21. The maximum Gasteiger partial charge on any atom is 0.288 e. The predicted molar refractivity (Wildman–Crippen MR) is 57.5 cm³/mol. The van der Waals surface area contributed by atoms with Crippen molar-refractivity contribution in [3.05, 3.63) is 30.1 Å². The Morgan fingerprint density at radius 2 is 2.33 bits per heavy atom. The van der Waals surface area contributed by atoms with Gasteiger partial charge < -0.3 is 0 Å². The van der Waals surface area contributed by atoms with E-state index in [1.165, 1.54) is 4.90 Å². The average Bonchev–Trinajstić information content (AvgIpc) is 2.58. The molecule has 0 aliphatic carbocycles. The van der Waals surface area contributed by atoms with Crippen LogP contribution in [0.25, 0.3) is 0 Å². The smallest absolute Gasteiger partial charge is 0.273 e. The average molecular weight is 222 g/mol. The zero-order chi connectivity index (χ0) is 10.7. The summed E-state index contributed by atoms with van der Waals surface area (Å²) in [6, 6.07) is 3.78. The highest BCUT2D eigenvalue weighted by molar-refractivity contribution is 8.14. The molecular weight excluding hydrogens is 212 g/mol. The van der Waals surface area contributed by atoms with E-state index in [1.54, 1.807) is 12.4 Å². The number of nitrogens with zero attached hydrogens (tertiary/aromatic N) is 2. The minimum Gasteiger partial charge on any atom is -0.273 e. The maximum atomic E-state index is 11.3. The molecule has 0 atom stereocenters. The fourth-order valence-electron chi connectivity index (χ4n) is 1.38. The molecule has 0 radical (unpaired) electrons. The molecule has 1 aromatic rings. The van der Waals surface area contributed by atoms with Gasteiger partial charge in [-0.1, -0.05) is 17.8 Å². The van der Waals surface area contributed by atoms with Crippen molar-refractivity contribution < 1.29 is 9.59 Å². The Kier molecular flexibility index (Phi) is 3.01. The Labute approximate surface area is 91.7 Å². The van der Waals surface area contributed by atoms with E-state index in [1.807, 2.05) is 12.1 Å². The van der Waals surface area contributed by atoms with Gasteiger partial charge in [-0.2, -0.15) is 0 Å². The van der Waals surface area contributed by atoms with Crippen molar-refractivity contribution in [3.63, 3.8) is 0 Å². The van der Waals surface area contributed by atoms with Gasteiger partial charge in [-0.15, -0.1) is 0 Å². The van der Waals surface area contributed by atoms with Crippen molar-refractivity contribution in [3.8, 4) is 0 Å². The minimum absolute atomic E-state index is 0.0890. The normalized spacial score (nSPS) is 16.1. The Morgan fingerprint density at radius 1 is 1.47 bits per heavy atom. The molecule has 0 bridgehead atoms. The number of rotatable bonds is 3. The third-order valence-corrected chi connectivity index (χ3v) is 3.05. The topological polar surface area (TPSA) is 50.3 Å². The van der Waals surface area contributed by atoms with Crippen LogP contribution >= 0.6 is 11.8 Å². The van der Waals surface area contributed by atoms with Gasteiger partial charge in [0.15, 0.2) is 0 Å². The lowest BCUT2D eigenvalue weighted by Crippen LogP contribution is -2.30. The molecule has 1 aliphatic heterocycles. The van der Waals surface area contributed by atoms with Crippen LogP contribution in [0.1, 0.15) is 5.56 Å².